The zero-order valence-corrected chi connectivity index (χ0v) is 12.9. The van der Waals surface area contributed by atoms with Crippen LogP contribution in [-0.4, -0.2) is 51.5 Å². The van der Waals surface area contributed by atoms with Crippen molar-refractivity contribution in [3.63, 3.8) is 0 Å². The second kappa shape index (κ2) is 6.31. The van der Waals surface area contributed by atoms with Gasteiger partial charge >= 0.3 is 0 Å². The van der Waals surface area contributed by atoms with Gasteiger partial charge in [-0.3, -0.25) is 0 Å². The van der Waals surface area contributed by atoms with Crippen LogP contribution in [0.2, 0.25) is 0 Å². The molecule has 1 heterocycles. The summed E-state index contributed by atoms with van der Waals surface area (Å²) in [6.07, 6.45) is -0.529. The molecule has 2 atom stereocenters. The van der Waals surface area contributed by atoms with Gasteiger partial charge in [-0.1, -0.05) is 6.92 Å². The molecule has 1 N–H and O–H groups in total. The van der Waals surface area contributed by atoms with Crippen LogP contribution < -0.4 is 4.74 Å². The van der Waals surface area contributed by atoms with Gasteiger partial charge in [0.2, 0.25) is 5.79 Å². The average molecular weight is 316 g/mol. The number of aliphatic hydroxyl groups is 1. The van der Waals surface area contributed by atoms with Crippen molar-refractivity contribution in [2.75, 3.05) is 31.8 Å². The van der Waals surface area contributed by atoms with E-state index in [2.05, 4.69) is 0 Å². The number of aliphatic hydroxyl groups excluding tert-OH is 1. The highest BCUT2D eigenvalue weighted by Gasteiger charge is 2.46. The first-order chi connectivity index (χ1) is 9.94. The minimum atomic E-state index is -3.32. The van der Waals surface area contributed by atoms with Crippen molar-refractivity contribution in [2.45, 2.75) is 18.8 Å². The molecular formula is C14H20O6S. The van der Waals surface area contributed by atoms with Crippen LogP contribution in [0.1, 0.15) is 12.5 Å². The van der Waals surface area contributed by atoms with E-state index in [1.165, 1.54) is 0 Å². The van der Waals surface area contributed by atoms with E-state index >= 15 is 0 Å². The molecule has 0 unspecified atom stereocenters. The van der Waals surface area contributed by atoms with Gasteiger partial charge in [-0.2, -0.15) is 0 Å². The Morgan fingerprint density at radius 1 is 1.38 bits per heavy atom. The lowest BCUT2D eigenvalue weighted by molar-refractivity contribution is -0.162. The fourth-order valence-electron chi connectivity index (χ4n) is 2.20. The number of ether oxygens (including phenoxy) is 3. The maximum absolute atomic E-state index is 12.0. The summed E-state index contributed by atoms with van der Waals surface area (Å²) in [6, 6.07) is 6.86. The number of rotatable bonds is 6. The van der Waals surface area contributed by atoms with Crippen molar-refractivity contribution in [1.82, 2.24) is 0 Å². The topological polar surface area (TPSA) is 82.1 Å². The largest absolute Gasteiger partial charge is 0.497 e. The third-order valence-corrected chi connectivity index (χ3v) is 5.14. The SMILES string of the molecule is CCS(=O)(=O)C[C@@]1(c2ccc(OC)cc2)OC[C@@H](CO)O1. The van der Waals surface area contributed by atoms with Crippen molar-refractivity contribution in [3.05, 3.63) is 29.8 Å². The summed E-state index contributed by atoms with van der Waals surface area (Å²) < 4.78 is 40.4. The molecule has 0 amide bonds. The summed E-state index contributed by atoms with van der Waals surface area (Å²) in [4.78, 5) is 0. The number of hydrogen-bond acceptors (Lipinski definition) is 6. The van der Waals surface area contributed by atoms with Crippen LogP contribution in [0.4, 0.5) is 0 Å². The van der Waals surface area contributed by atoms with Crippen molar-refractivity contribution in [3.8, 4) is 5.75 Å². The molecule has 1 fully saturated rings. The highest BCUT2D eigenvalue weighted by Crippen LogP contribution is 2.36. The molecule has 1 aliphatic rings. The fourth-order valence-corrected chi connectivity index (χ4v) is 3.30. The molecule has 1 aromatic rings. The predicted octanol–water partition coefficient (Wildman–Crippen LogP) is 0.690. The van der Waals surface area contributed by atoms with Crippen LogP contribution in [0.15, 0.2) is 24.3 Å². The summed E-state index contributed by atoms with van der Waals surface area (Å²) in [6.45, 7) is 1.52. The normalized spacial score (nSPS) is 26.0. The van der Waals surface area contributed by atoms with Crippen LogP contribution in [0.25, 0.3) is 0 Å². The molecule has 0 bridgehead atoms. The molecule has 1 aliphatic heterocycles. The maximum Gasteiger partial charge on any atom is 0.209 e. The number of hydrogen-bond donors (Lipinski definition) is 1. The van der Waals surface area contributed by atoms with Gasteiger partial charge in [-0.25, -0.2) is 8.42 Å². The van der Waals surface area contributed by atoms with Gasteiger partial charge in [0.25, 0.3) is 0 Å². The summed E-state index contributed by atoms with van der Waals surface area (Å²) in [5.74, 6) is -0.987. The highest BCUT2D eigenvalue weighted by molar-refractivity contribution is 7.91. The van der Waals surface area contributed by atoms with E-state index in [4.69, 9.17) is 14.2 Å². The van der Waals surface area contributed by atoms with Crippen molar-refractivity contribution in [2.24, 2.45) is 0 Å². The summed E-state index contributed by atoms with van der Waals surface area (Å²) in [5.41, 5.74) is 0.594. The summed E-state index contributed by atoms with van der Waals surface area (Å²) in [7, 11) is -1.77. The van der Waals surface area contributed by atoms with E-state index in [1.807, 2.05) is 0 Å². The molecule has 0 aliphatic carbocycles. The maximum atomic E-state index is 12.0. The van der Waals surface area contributed by atoms with E-state index in [9.17, 15) is 13.5 Å². The predicted molar refractivity (Wildman–Crippen MR) is 76.9 cm³/mol. The molecule has 0 aromatic heterocycles. The van der Waals surface area contributed by atoms with Crippen LogP contribution in [0.5, 0.6) is 5.75 Å². The van der Waals surface area contributed by atoms with Gasteiger partial charge in [0.05, 0.1) is 20.3 Å². The Hall–Kier alpha value is -1.15. The summed E-state index contributed by atoms with van der Waals surface area (Å²) >= 11 is 0. The smallest absolute Gasteiger partial charge is 0.209 e. The lowest BCUT2D eigenvalue weighted by Crippen LogP contribution is -2.37. The number of benzene rings is 1. The molecule has 0 radical (unpaired) electrons. The second-order valence-electron chi connectivity index (χ2n) is 4.89. The minimum Gasteiger partial charge on any atom is -0.497 e. The standard InChI is InChI=1S/C14H20O6S/c1-3-21(16,17)10-14(19-9-13(8-15)20-14)11-4-6-12(18-2)7-5-11/h4-7,13,15H,3,8-10H2,1-2H3/t13-,14-/m1/s1. The van der Waals surface area contributed by atoms with Crippen molar-refractivity contribution < 1.29 is 27.7 Å². The Labute approximate surface area is 124 Å². The van der Waals surface area contributed by atoms with Crippen molar-refractivity contribution >= 4 is 9.84 Å². The first-order valence-electron chi connectivity index (χ1n) is 6.72. The lowest BCUT2D eigenvalue weighted by atomic mass is 10.1. The van der Waals surface area contributed by atoms with E-state index in [-0.39, 0.29) is 24.7 Å². The van der Waals surface area contributed by atoms with Crippen LogP contribution in [0, 0.1) is 0 Å². The minimum absolute atomic E-state index is 0.00141. The van der Waals surface area contributed by atoms with Crippen LogP contribution >= 0.6 is 0 Å². The molecule has 118 valence electrons. The quantitative estimate of drug-likeness (QED) is 0.831. The van der Waals surface area contributed by atoms with E-state index in [0.717, 1.165) is 0 Å². The first kappa shape index (κ1) is 16.2. The van der Waals surface area contributed by atoms with Crippen LogP contribution in [0.3, 0.4) is 0 Å². The molecule has 2 rings (SSSR count). The Morgan fingerprint density at radius 2 is 2.05 bits per heavy atom. The zero-order chi connectivity index (χ0) is 15.5. The Balaban J connectivity index is 2.36. The monoisotopic (exact) mass is 316 g/mol. The van der Waals surface area contributed by atoms with Gasteiger partial charge in [0, 0.05) is 11.3 Å². The molecule has 6 nitrogen and oxygen atoms in total. The van der Waals surface area contributed by atoms with E-state index in [0.29, 0.717) is 11.3 Å². The average Bonchev–Trinajstić information content (AvgIpc) is 2.91. The Morgan fingerprint density at radius 3 is 2.52 bits per heavy atom. The van der Waals surface area contributed by atoms with Crippen molar-refractivity contribution in [1.29, 1.82) is 0 Å². The molecular weight excluding hydrogens is 296 g/mol. The Kier molecular flexibility index (Phi) is 4.88. The molecule has 1 aromatic carbocycles. The highest BCUT2D eigenvalue weighted by atomic mass is 32.2. The third-order valence-electron chi connectivity index (χ3n) is 3.44. The lowest BCUT2D eigenvalue weighted by Gasteiger charge is -2.28. The molecule has 1 saturated heterocycles. The molecule has 21 heavy (non-hydrogen) atoms. The fraction of sp³-hybridized carbons (Fsp3) is 0.571. The van der Waals surface area contributed by atoms with E-state index < -0.39 is 21.7 Å². The van der Waals surface area contributed by atoms with E-state index in [1.54, 1.807) is 38.3 Å². The summed E-state index contributed by atoms with van der Waals surface area (Å²) in [5, 5.41) is 9.21. The number of methoxy groups -OCH3 is 1. The molecule has 0 saturated carbocycles. The third kappa shape index (κ3) is 3.55. The Bertz CT molecular complexity index is 568. The van der Waals surface area contributed by atoms with Gasteiger partial charge < -0.3 is 19.3 Å². The zero-order valence-electron chi connectivity index (χ0n) is 12.1. The number of sulfone groups is 1. The second-order valence-corrected chi connectivity index (χ2v) is 7.24. The van der Waals surface area contributed by atoms with Gasteiger partial charge in [-0.15, -0.1) is 0 Å². The van der Waals surface area contributed by atoms with Gasteiger partial charge in [0.1, 0.15) is 17.6 Å². The van der Waals surface area contributed by atoms with Gasteiger partial charge in [0.15, 0.2) is 9.84 Å². The molecule has 7 heteroatoms. The molecule has 0 spiro atoms. The van der Waals surface area contributed by atoms with Crippen LogP contribution in [-0.2, 0) is 25.1 Å². The first-order valence-corrected chi connectivity index (χ1v) is 8.54. The van der Waals surface area contributed by atoms with Gasteiger partial charge in [-0.05, 0) is 24.3 Å².